The molecule has 1 aliphatic heterocycles. The summed E-state index contributed by atoms with van der Waals surface area (Å²) in [5, 5.41) is 10.2. The van der Waals surface area contributed by atoms with Crippen molar-refractivity contribution in [3.05, 3.63) is 64.4 Å². The van der Waals surface area contributed by atoms with Crippen LogP contribution in [0, 0.1) is 0 Å². The van der Waals surface area contributed by atoms with Crippen molar-refractivity contribution < 1.29 is 33.6 Å². The van der Waals surface area contributed by atoms with Crippen molar-refractivity contribution in [1.82, 2.24) is 0 Å². The number of aliphatic hydroxyl groups is 1. The summed E-state index contributed by atoms with van der Waals surface area (Å²) in [4.78, 5) is 34.1. The quantitative estimate of drug-likeness (QED) is 0.388. The molecule has 0 saturated heterocycles. The lowest BCUT2D eigenvalue weighted by molar-refractivity contribution is -0.138. The van der Waals surface area contributed by atoms with E-state index in [4.69, 9.17) is 18.9 Å². The van der Waals surface area contributed by atoms with E-state index in [-0.39, 0.29) is 35.0 Å². The Balaban J connectivity index is 2.11. The minimum atomic E-state index is -0.719. The topological polar surface area (TPSA) is 116 Å². The van der Waals surface area contributed by atoms with Crippen molar-refractivity contribution in [1.29, 1.82) is 0 Å². The average molecular weight is 452 g/mol. The largest absolute Gasteiger partial charge is 0.512 e. The van der Waals surface area contributed by atoms with Gasteiger partial charge in [0.25, 0.3) is 5.91 Å². The van der Waals surface area contributed by atoms with Gasteiger partial charge in [-0.3, -0.25) is 4.79 Å². The van der Waals surface area contributed by atoms with E-state index in [9.17, 15) is 14.7 Å². The highest BCUT2D eigenvalue weighted by Crippen LogP contribution is 2.38. The van der Waals surface area contributed by atoms with Gasteiger partial charge in [-0.15, -0.1) is 0 Å². The van der Waals surface area contributed by atoms with Gasteiger partial charge >= 0.3 is 5.97 Å². The van der Waals surface area contributed by atoms with Gasteiger partial charge in [-0.1, -0.05) is 24.3 Å². The van der Waals surface area contributed by atoms with Gasteiger partial charge in [-0.2, -0.15) is 4.99 Å². The number of nitrogens with zero attached hydrogens (tertiary/aromatic N) is 2. The van der Waals surface area contributed by atoms with Gasteiger partial charge in [0, 0.05) is 16.7 Å². The first-order valence-corrected chi connectivity index (χ1v) is 10.0. The van der Waals surface area contributed by atoms with E-state index in [0.29, 0.717) is 28.4 Å². The fourth-order valence-electron chi connectivity index (χ4n) is 3.37. The van der Waals surface area contributed by atoms with Crippen LogP contribution in [-0.4, -0.2) is 56.5 Å². The molecule has 0 radical (unpaired) electrons. The highest BCUT2D eigenvalue weighted by molar-refractivity contribution is 6.36. The van der Waals surface area contributed by atoms with Gasteiger partial charge in [-0.05, 0) is 26.0 Å². The summed E-state index contributed by atoms with van der Waals surface area (Å²) in [6, 6.07) is 9.94. The summed E-state index contributed by atoms with van der Waals surface area (Å²) in [6.07, 6.45) is 0. The molecule has 1 heterocycles. The van der Waals surface area contributed by atoms with Gasteiger partial charge < -0.3 is 24.1 Å². The van der Waals surface area contributed by atoms with Crippen LogP contribution in [0.3, 0.4) is 0 Å². The van der Waals surface area contributed by atoms with Crippen LogP contribution in [0.4, 0.5) is 0 Å². The van der Waals surface area contributed by atoms with Crippen LogP contribution in [0.5, 0.6) is 17.2 Å². The van der Waals surface area contributed by atoms with E-state index in [1.807, 2.05) is 0 Å². The Kier molecular flexibility index (Phi) is 7.12. The van der Waals surface area contributed by atoms with Crippen LogP contribution in [0.2, 0.25) is 0 Å². The molecule has 9 nitrogen and oxygen atoms in total. The van der Waals surface area contributed by atoms with Crippen molar-refractivity contribution >= 4 is 23.4 Å². The van der Waals surface area contributed by atoms with Gasteiger partial charge in [0.05, 0.1) is 33.6 Å². The molecule has 0 aliphatic carbocycles. The molecule has 0 bridgehead atoms. The Labute approximate surface area is 191 Å². The number of fused-ring (bicyclic) bond motifs is 1. The van der Waals surface area contributed by atoms with Crippen LogP contribution in [0.15, 0.2) is 57.7 Å². The lowest BCUT2D eigenvalue weighted by Gasteiger charge is -2.12. The van der Waals surface area contributed by atoms with Crippen LogP contribution >= 0.6 is 0 Å². The molecule has 1 N–H and O–H groups in total. The second kappa shape index (κ2) is 9.99. The summed E-state index contributed by atoms with van der Waals surface area (Å²) >= 11 is 0. The molecule has 1 amide bonds. The number of benzene rings is 2. The van der Waals surface area contributed by atoms with Crippen LogP contribution in [-0.2, 0) is 9.53 Å². The fraction of sp³-hybridized carbons (Fsp3) is 0.250. The summed E-state index contributed by atoms with van der Waals surface area (Å²) in [6.45, 7) is 3.16. The summed E-state index contributed by atoms with van der Waals surface area (Å²) < 4.78 is 21.0. The lowest BCUT2D eigenvalue weighted by Crippen LogP contribution is -2.18. The molecule has 33 heavy (non-hydrogen) atoms. The van der Waals surface area contributed by atoms with E-state index >= 15 is 0 Å². The molecule has 3 rings (SSSR count). The second-order valence-electron chi connectivity index (χ2n) is 6.84. The van der Waals surface area contributed by atoms with Crippen LogP contribution in [0.1, 0.15) is 35.3 Å². The number of carbonyl (C=O) groups is 2. The first kappa shape index (κ1) is 23.5. The van der Waals surface area contributed by atoms with Crippen LogP contribution < -0.4 is 14.2 Å². The number of hydrogen-bond acceptors (Lipinski definition) is 7. The Morgan fingerprint density at radius 1 is 1.00 bits per heavy atom. The van der Waals surface area contributed by atoms with E-state index in [0.717, 1.165) is 0 Å². The first-order valence-electron chi connectivity index (χ1n) is 10.0. The number of methoxy groups -OCH3 is 3. The SMILES string of the molecule is CCOC(=O)C(C1=NC(=NC(=O)c2cc(OC)c(OC)c(OC)c2)c2ccccc21)=C(C)O. The zero-order chi connectivity index (χ0) is 24.1. The zero-order valence-corrected chi connectivity index (χ0v) is 19.0. The highest BCUT2D eigenvalue weighted by Gasteiger charge is 2.30. The molecule has 0 aromatic heterocycles. The number of carbonyl (C=O) groups excluding carboxylic acids is 2. The molecule has 0 spiro atoms. The Morgan fingerprint density at radius 3 is 2.12 bits per heavy atom. The molecule has 0 fully saturated rings. The first-order chi connectivity index (χ1) is 15.9. The second-order valence-corrected chi connectivity index (χ2v) is 6.84. The van der Waals surface area contributed by atoms with Gasteiger partial charge in [0.2, 0.25) is 5.75 Å². The molecule has 9 heteroatoms. The van der Waals surface area contributed by atoms with Gasteiger partial charge in [0.1, 0.15) is 11.3 Å². The predicted octanol–water partition coefficient (Wildman–Crippen LogP) is 3.50. The number of amides is 1. The number of allylic oxidation sites excluding steroid dienone is 1. The predicted molar refractivity (Wildman–Crippen MR) is 122 cm³/mol. The number of aliphatic hydroxyl groups excluding tert-OH is 1. The van der Waals surface area contributed by atoms with Gasteiger partial charge in [-0.25, -0.2) is 9.79 Å². The van der Waals surface area contributed by atoms with E-state index in [2.05, 4.69) is 9.98 Å². The minimum absolute atomic E-state index is 0.0882. The maximum Gasteiger partial charge on any atom is 0.343 e. The third-order valence-corrected chi connectivity index (χ3v) is 4.84. The molecule has 2 aromatic rings. The van der Waals surface area contributed by atoms with E-state index in [1.54, 1.807) is 31.2 Å². The minimum Gasteiger partial charge on any atom is -0.512 e. The number of amidine groups is 1. The molecule has 1 aliphatic rings. The number of hydrogen-bond donors (Lipinski definition) is 1. The molecular formula is C24H24N2O7. The number of aliphatic imine (C=N–C) groups is 2. The molecule has 0 atom stereocenters. The van der Waals surface area contributed by atoms with Crippen molar-refractivity contribution in [2.45, 2.75) is 13.8 Å². The third kappa shape index (κ3) is 4.57. The van der Waals surface area contributed by atoms with Crippen LogP contribution in [0.25, 0.3) is 0 Å². The van der Waals surface area contributed by atoms with E-state index < -0.39 is 11.9 Å². The highest BCUT2D eigenvalue weighted by atomic mass is 16.5. The lowest BCUT2D eigenvalue weighted by atomic mass is 9.99. The van der Waals surface area contributed by atoms with Crippen molar-refractivity contribution in [3.63, 3.8) is 0 Å². The number of rotatable bonds is 7. The average Bonchev–Trinajstić information content (AvgIpc) is 3.15. The molecule has 0 unspecified atom stereocenters. The van der Waals surface area contributed by atoms with Crippen molar-refractivity contribution in [2.75, 3.05) is 27.9 Å². The summed E-state index contributed by atoms with van der Waals surface area (Å²) in [5.74, 6) is -0.519. The molecule has 2 aromatic carbocycles. The van der Waals surface area contributed by atoms with Gasteiger partial charge in [0.15, 0.2) is 17.3 Å². The third-order valence-electron chi connectivity index (χ3n) is 4.84. The monoisotopic (exact) mass is 452 g/mol. The summed E-state index contributed by atoms with van der Waals surface area (Å²) in [5.41, 5.74) is 1.37. The summed E-state index contributed by atoms with van der Waals surface area (Å²) in [7, 11) is 4.36. The fourth-order valence-corrected chi connectivity index (χ4v) is 3.37. The molecule has 0 saturated carbocycles. The zero-order valence-electron chi connectivity index (χ0n) is 19.0. The Hall–Kier alpha value is -4.14. The Morgan fingerprint density at radius 2 is 1.61 bits per heavy atom. The number of esters is 1. The Bertz CT molecular complexity index is 1170. The smallest absolute Gasteiger partial charge is 0.343 e. The maximum atomic E-state index is 13.0. The number of ether oxygens (including phenoxy) is 4. The van der Waals surface area contributed by atoms with E-state index in [1.165, 1.54) is 40.4 Å². The maximum absolute atomic E-state index is 13.0. The molecule has 172 valence electrons. The van der Waals surface area contributed by atoms with Crippen molar-refractivity contribution in [2.24, 2.45) is 9.98 Å². The molecular weight excluding hydrogens is 428 g/mol. The van der Waals surface area contributed by atoms with Crippen molar-refractivity contribution in [3.8, 4) is 17.2 Å². The standard InChI is InChI=1S/C24H24N2O7/c1-6-33-24(29)19(13(2)27)20-15-9-7-8-10-16(15)22(25-20)26-23(28)14-11-17(30-3)21(32-5)18(12-14)31-4/h7-12,27H,6H2,1-5H3. The normalized spacial score (nSPS) is 14.2.